The van der Waals surface area contributed by atoms with E-state index in [2.05, 4.69) is 15.2 Å². The minimum atomic E-state index is -0.104. The van der Waals surface area contributed by atoms with Gasteiger partial charge in [0.25, 0.3) is 5.56 Å². The zero-order valence-electron chi connectivity index (χ0n) is 18.9. The van der Waals surface area contributed by atoms with Crippen LogP contribution in [-0.2, 0) is 11.3 Å². The van der Waals surface area contributed by atoms with Gasteiger partial charge >= 0.3 is 0 Å². The van der Waals surface area contributed by atoms with Gasteiger partial charge in [0.2, 0.25) is 0 Å². The number of aromatic amines is 1. The van der Waals surface area contributed by atoms with Crippen LogP contribution in [0.15, 0.2) is 23.0 Å². The van der Waals surface area contributed by atoms with Crippen LogP contribution < -0.4 is 20.3 Å². The number of methoxy groups -OCH3 is 2. The van der Waals surface area contributed by atoms with Crippen molar-refractivity contribution in [3.05, 3.63) is 34.1 Å². The first-order valence-corrected chi connectivity index (χ1v) is 11.9. The summed E-state index contributed by atoms with van der Waals surface area (Å²) in [5, 5.41) is 5.03. The quantitative estimate of drug-likeness (QED) is 0.611. The maximum absolute atomic E-state index is 13.0. The average molecular weight is 460 g/mol. The van der Waals surface area contributed by atoms with Crippen molar-refractivity contribution in [2.75, 3.05) is 27.4 Å². The van der Waals surface area contributed by atoms with Crippen LogP contribution >= 0.6 is 12.2 Å². The minimum absolute atomic E-state index is 0.104. The molecule has 2 aliphatic rings. The van der Waals surface area contributed by atoms with E-state index in [1.807, 2.05) is 12.1 Å². The number of nitrogens with zero attached hydrogens (tertiary/aromatic N) is 1. The molecule has 1 saturated heterocycles. The molecule has 174 valence electrons. The van der Waals surface area contributed by atoms with Crippen LogP contribution in [0.25, 0.3) is 10.9 Å². The summed E-state index contributed by atoms with van der Waals surface area (Å²) in [4.78, 5) is 18.2. The molecule has 7 nitrogen and oxygen atoms in total. The maximum Gasteiger partial charge on any atom is 0.253 e. The molecule has 0 spiro atoms. The van der Waals surface area contributed by atoms with Crippen LogP contribution in [0.2, 0.25) is 0 Å². The van der Waals surface area contributed by atoms with E-state index in [9.17, 15) is 4.79 Å². The Bertz CT molecular complexity index is 997. The van der Waals surface area contributed by atoms with Gasteiger partial charge in [0, 0.05) is 36.2 Å². The van der Waals surface area contributed by atoms with Crippen LogP contribution in [0.3, 0.4) is 0 Å². The van der Waals surface area contributed by atoms with Gasteiger partial charge < -0.3 is 29.4 Å². The van der Waals surface area contributed by atoms with Gasteiger partial charge in [-0.1, -0.05) is 19.3 Å². The molecule has 1 aromatic heterocycles. The summed E-state index contributed by atoms with van der Waals surface area (Å²) in [6.45, 7) is 2.01. The highest BCUT2D eigenvalue weighted by atomic mass is 32.1. The van der Waals surface area contributed by atoms with Crippen molar-refractivity contribution in [3.8, 4) is 11.5 Å². The third-order valence-corrected chi connectivity index (χ3v) is 6.93. The molecule has 8 heteroatoms. The predicted molar refractivity (Wildman–Crippen MR) is 130 cm³/mol. The van der Waals surface area contributed by atoms with Gasteiger partial charge in [-0.25, -0.2) is 0 Å². The third kappa shape index (κ3) is 5.18. The fraction of sp³-hybridized carbons (Fsp3) is 0.583. The van der Waals surface area contributed by atoms with Crippen LogP contribution in [-0.4, -0.2) is 54.5 Å². The van der Waals surface area contributed by atoms with Crippen molar-refractivity contribution >= 4 is 28.2 Å². The van der Waals surface area contributed by atoms with E-state index in [-0.39, 0.29) is 11.7 Å². The molecule has 0 radical (unpaired) electrons. The van der Waals surface area contributed by atoms with E-state index in [0.29, 0.717) is 41.3 Å². The van der Waals surface area contributed by atoms with Crippen molar-refractivity contribution in [2.24, 2.45) is 0 Å². The van der Waals surface area contributed by atoms with Crippen LogP contribution in [0, 0.1) is 0 Å². The van der Waals surface area contributed by atoms with E-state index in [1.54, 1.807) is 20.3 Å². The lowest BCUT2D eigenvalue weighted by molar-refractivity contribution is 0.112. The number of H-pyrrole nitrogens is 1. The maximum atomic E-state index is 13.0. The number of thiocarbonyl (C=S) groups is 1. The Labute approximate surface area is 194 Å². The van der Waals surface area contributed by atoms with E-state index >= 15 is 0 Å². The van der Waals surface area contributed by atoms with E-state index < -0.39 is 0 Å². The van der Waals surface area contributed by atoms with Gasteiger partial charge in [0.1, 0.15) is 0 Å². The molecule has 1 saturated carbocycles. The lowest BCUT2D eigenvalue weighted by Crippen LogP contribution is -2.48. The van der Waals surface area contributed by atoms with E-state index in [4.69, 9.17) is 26.4 Å². The van der Waals surface area contributed by atoms with Crippen LogP contribution in [0.1, 0.15) is 50.5 Å². The summed E-state index contributed by atoms with van der Waals surface area (Å²) in [5.74, 6) is 1.22. The van der Waals surface area contributed by atoms with Gasteiger partial charge in [-0.05, 0) is 50.0 Å². The number of pyridine rings is 1. The Morgan fingerprint density at radius 2 is 1.88 bits per heavy atom. The molecular formula is C24H33N3O4S. The molecule has 32 heavy (non-hydrogen) atoms. The second kappa shape index (κ2) is 10.5. The van der Waals surface area contributed by atoms with Gasteiger partial charge in [0.15, 0.2) is 16.6 Å². The Kier molecular flexibility index (Phi) is 7.52. The first-order chi connectivity index (χ1) is 15.6. The first-order valence-electron chi connectivity index (χ1n) is 11.5. The van der Waals surface area contributed by atoms with Gasteiger partial charge in [-0.15, -0.1) is 0 Å². The summed E-state index contributed by atoms with van der Waals surface area (Å²) in [6, 6.07) is 5.97. The molecule has 0 amide bonds. The largest absolute Gasteiger partial charge is 0.493 e. The Balaban J connectivity index is 1.59. The summed E-state index contributed by atoms with van der Waals surface area (Å²) in [7, 11) is 3.20. The first kappa shape index (κ1) is 22.9. The number of rotatable bonds is 7. The summed E-state index contributed by atoms with van der Waals surface area (Å²) < 4.78 is 16.5. The smallest absolute Gasteiger partial charge is 0.253 e. The van der Waals surface area contributed by atoms with Gasteiger partial charge in [-0.3, -0.25) is 4.79 Å². The topological polar surface area (TPSA) is 75.8 Å². The second-order valence-electron chi connectivity index (χ2n) is 8.66. The van der Waals surface area contributed by atoms with Crippen molar-refractivity contribution in [3.63, 3.8) is 0 Å². The molecule has 0 bridgehead atoms. The molecule has 2 aromatic rings. The van der Waals surface area contributed by atoms with Gasteiger partial charge in [-0.2, -0.15) is 0 Å². The number of hydrogen-bond donors (Lipinski definition) is 2. The van der Waals surface area contributed by atoms with Gasteiger partial charge in [0.05, 0.1) is 32.4 Å². The normalized spacial score (nSPS) is 19.1. The molecule has 2 fully saturated rings. The number of ether oxygens (including phenoxy) is 3. The SMILES string of the molecule is COc1cc2cc(CN(C(=S)NCC3CCCO3)C3CCCCC3)c(=O)[nH]c2cc1OC. The standard InChI is InChI=1S/C24H33N3O4S/c1-29-21-12-16-11-17(23(28)26-20(16)13-22(21)30-2)15-27(18-7-4-3-5-8-18)24(32)25-14-19-9-6-10-31-19/h11-13,18-19H,3-10,14-15H2,1-2H3,(H,25,32)(H,26,28). The number of aromatic nitrogens is 1. The highest BCUT2D eigenvalue weighted by molar-refractivity contribution is 7.80. The molecule has 2 N–H and O–H groups in total. The van der Waals surface area contributed by atoms with Crippen molar-refractivity contribution < 1.29 is 14.2 Å². The highest BCUT2D eigenvalue weighted by Gasteiger charge is 2.25. The number of fused-ring (bicyclic) bond motifs is 1. The third-order valence-electron chi connectivity index (χ3n) is 6.55. The zero-order chi connectivity index (χ0) is 22.5. The molecule has 1 unspecified atom stereocenters. The molecule has 4 rings (SSSR count). The Morgan fingerprint density at radius 3 is 2.56 bits per heavy atom. The van der Waals surface area contributed by atoms with Crippen LogP contribution in [0.4, 0.5) is 0 Å². The van der Waals surface area contributed by atoms with Crippen molar-refractivity contribution in [1.82, 2.24) is 15.2 Å². The minimum Gasteiger partial charge on any atom is -0.493 e. The molecular weight excluding hydrogens is 426 g/mol. The summed E-state index contributed by atoms with van der Waals surface area (Å²) >= 11 is 5.81. The Hall–Kier alpha value is -2.32. The summed E-state index contributed by atoms with van der Waals surface area (Å²) in [6.07, 6.45) is 8.23. The predicted octanol–water partition coefficient (Wildman–Crippen LogP) is 3.73. The second-order valence-corrected chi connectivity index (χ2v) is 9.05. The molecule has 1 aromatic carbocycles. The summed E-state index contributed by atoms with van der Waals surface area (Å²) in [5.41, 5.74) is 1.31. The van der Waals surface area contributed by atoms with Crippen molar-refractivity contribution in [1.29, 1.82) is 0 Å². The zero-order valence-corrected chi connectivity index (χ0v) is 19.8. The van der Waals surface area contributed by atoms with Crippen molar-refractivity contribution in [2.45, 2.75) is 63.6 Å². The van der Waals surface area contributed by atoms with E-state index in [1.165, 1.54) is 19.3 Å². The lowest BCUT2D eigenvalue weighted by atomic mass is 9.94. The molecule has 1 aliphatic carbocycles. The molecule has 1 aliphatic heterocycles. The fourth-order valence-corrected chi connectivity index (χ4v) is 5.04. The average Bonchev–Trinajstić information content (AvgIpc) is 3.34. The molecule has 2 heterocycles. The monoisotopic (exact) mass is 459 g/mol. The number of nitrogens with one attached hydrogen (secondary N) is 2. The van der Waals surface area contributed by atoms with E-state index in [0.717, 1.165) is 43.2 Å². The Morgan fingerprint density at radius 1 is 1.12 bits per heavy atom. The highest BCUT2D eigenvalue weighted by Crippen LogP contribution is 2.31. The molecule has 1 atom stereocenters. The van der Waals surface area contributed by atoms with Crippen LogP contribution in [0.5, 0.6) is 11.5 Å². The lowest BCUT2D eigenvalue weighted by Gasteiger charge is -2.36. The fourth-order valence-electron chi connectivity index (χ4n) is 4.75. The number of benzene rings is 1. The number of hydrogen-bond acceptors (Lipinski definition) is 5.